The third-order valence-electron chi connectivity index (χ3n) is 10.5. The number of hydrogen-bond donors (Lipinski definition) is 0. The summed E-state index contributed by atoms with van der Waals surface area (Å²) >= 11 is 0. The van der Waals surface area contributed by atoms with E-state index in [1.165, 1.54) is 64.2 Å². The molecule has 9 heteroatoms. The highest BCUT2D eigenvalue weighted by Gasteiger charge is 2.11. The first kappa shape index (κ1) is 47.5. The number of aliphatic imine (C=N–C) groups is 2. The molecule has 0 aliphatic rings. The number of carbonyl (C=O) groups excluding carboxylic acids is 2. The van der Waals surface area contributed by atoms with E-state index in [1.54, 1.807) is 85.2 Å². The second-order valence-electron chi connectivity index (χ2n) is 15.8. The van der Waals surface area contributed by atoms with Crippen molar-refractivity contribution < 1.29 is 33.3 Å². The van der Waals surface area contributed by atoms with Gasteiger partial charge in [-0.1, -0.05) is 102 Å². The first-order valence-electron chi connectivity index (χ1n) is 23.0. The van der Waals surface area contributed by atoms with Crippen LogP contribution in [-0.2, 0) is 0 Å². The van der Waals surface area contributed by atoms with Crippen LogP contribution in [-0.4, -0.2) is 37.6 Å². The highest BCUT2D eigenvalue weighted by atomic mass is 16.5. The van der Waals surface area contributed by atoms with Crippen LogP contribution in [0.3, 0.4) is 0 Å². The van der Waals surface area contributed by atoms with Crippen molar-refractivity contribution in [3.05, 3.63) is 168 Å². The number of carbonyl (C=O) groups is 2. The van der Waals surface area contributed by atoms with E-state index in [4.69, 9.17) is 23.7 Å². The van der Waals surface area contributed by atoms with Crippen molar-refractivity contribution in [1.82, 2.24) is 0 Å². The Labute approximate surface area is 384 Å². The van der Waals surface area contributed by atoms with E-state index in [0.717, 1.165) is 60.1 Å². The Morgan fingerprint density at radius 3 is 1.08 bits per heavy atom. The summed E-state index contributed by atoms with van der Waals surface area (Å²) in [7, 11) is 0. The van der Waals surface area contributed by atoms with Gasteiger partial charge in [0, 0.05) is 12.4 Å². The van der Waals surface area contributed by atoms with Crippen molar-refractivity contribution in [2.24, 2.45) is 9.98 Å². The molecule has 9 nitrogen and oxygen atoms in total. The zero-order chi connectivity index (χ0) is 45.3. The molecule has 0 N–H and O–H groups in total. The van der Waals surface area contributed by atoms with Crippen molar-refractivity contribution in [3.63, 3.8) is 0 Å². The van der Waals surface area contributed by atoms with Gasteiger partial charge >= 0.3 is 11.9 Å². The summed E-state index contributed by atoms with van der Waals surface area (Å²) in [5.74, 6) is 2.58. The second-order valence-corrected chi connectivity index (χ2v) is 15.8. The Kier molecular flexibility index (Phi) is 19.4. The molecule has 6 aromatic carbocycles. The van der Waals surface area contributed by atoms with Crippen LogP contribution in [0.5, 0.6) is 34.5 Å². The maximum absolute atomic E-state index is 12.9. The summed E-state index contributed by atoms with van der Waals surface area (Å²) < 4.78 is 28.9. The molecule has 0 saturated carbocycles. The average Bonchev–Trinajstić information content (AvgIpc) is 3.34. The molecule has 0 aliphatic heterocycles. The molecule has 0 fully saturated rings. The second kappa shape index (κ2) is 26.6. The van der Waals surface area contributed by atoms with Gasteiger partial charge in [0.15, 0.2) is 0 Å². The average molecular weight is 873 g/mol. The predicted octanol–water partition coefficient (Wildman–Crippen LogP) is 14.9. The molecule has 336 valence electrons. The van der Waals surface area contributed by atoms with Crippen molar-refractivity contribution >= 4 is 35.7 Å². The van der Waals surface area contributed by atoms with Gasteiger partial charge in [-0.05, 0) is 145 Å². The normalized spacial score (nSPS) is 11.2. The molecular formula is C56H60N2O7. The summed E-state index contributed by atoms with van der Waals surface area (Å²) in [6.07, 6.45) is 18.3. The lowest BCUT2D eigenvalue weighted by Gasteiger charge is -2.09. The SMILES string of the molecule is CCCCCCCCOc1ccc(N=Cc2ccc(C(=O)Oc3ccc(Oc4ccc(OC(=O)c5ccc(C=Nc6ccc(OCCCCCCCC)cc6)cc5)cc4)cc3)cc2)cc1. The van der Waals surface area contributed by atoms with Gasteiger partial charge in [-0.3, -0.25) is 9.98 Å². The maximum Gasteiger partial charge on any atom is 0.343 e. The quantitative estimate of drug-likeness (QED) is 0.0231. The van der Waals surface area contributed by atoms with Crippen LogP contribution in [0.25, 0.3) is 0 Å². The van der Waals surface area contributed by atoms with Gasteiger partial charge in [0.2, 0.25) is 0 Å². The van der Waals surface area contributed by atoms with Gasteiger partial charge in [0.05, 0.1) is 35.7 Å². The Morgan fingerprint density at radius 2 is 0.708 bits per heavy atom. The fraction of sp³-hybridized carbons (Fsp3) is 0.286. The summed E-state index contributed by atoms with van der Waals surface area (Å²) in [5.41, 5.74) is 4.17. The molecule has 0 amide bonds. The summed E-state index contributed by atoms with van der Waals surface area (Å²) in [6.45, 7) is 5.91. The van der Waals surface area contributed by atoms with E-state index in [9.17, 15) is 9.59 Å². The molecule has 0 spiro atoms. The van der Waals surface area contributed by atoms with E-state index in [-0.39, 0.29) is 0 Å². The number of unbranched alkanes of at least 4 members (excludes halogenated alkanes) is 10. The van der Waals surface area contributed by atoms with Gasteiger partial charge < -0.3 is 23.7 Å². The van der Waals surface area contributed by atoms with Crippen LogP contribution in [0, 0.1) is 0 Å². The van der Waals surface area contributed by atoms with Crippen LogP contribution in [0.1, 0.15) is 123 Å². The molecule has 65 heavy (non-hydrogen) atoms. The maximum atomic E-state index is 12.9. The van der Waals surface area contributed by atoms with Crippen molar-refractivity contribution in [2.75, 3.05) is 13.2 Å². The van der Waals surface area contributed by atoms with E-state index < -0.39 is 11.9 Å². The lowest BCUT2D eigenvalue weighted by Crippen LogP contribution is -2.08. The largest absolute Gasteiger partial charge is 0.494 e. The van der Waals surface area contributed by atoms with Gasteiger partial charge in [0.25, 0.3) is 0 Å². The third kappa shape index (κ3) is 16.9. The minimum absolute atomic E-state index is 0.379. The number of esters is 2. The molecule has 0 aromatic heterocycles. The number of nitrogens with zero attached hydrogens (tertiary/aromatic N) is 2. The molecular weight excluding hydrogens is 813 g/mol. The number of benzene rings is 6. The Morgan fingerprint density at radius 1 is 0.385 bits per heavy atom. The highest BCUT2D eigenvalue weighted by molar-refractivity contribution is 5.93. The van der Waals surface area contributed by atoms with Crippen LogP contribution in [0.15, 0.2) is 156 Å². The van der Waals surface area contributed by atoms with Crippen molar-refractivity contribution in [2.45, 2.75) is 90.9 Å². The smallest absolute Gasteiger partial charge is 0.343 e. The molecule has 0 radical (unpaired) electrons. The van der Waals surface area contributed by atoms with Crippen molar-refractivity contribution in [1.29, 1.82) is 0 Å². The van der Waals surface area contributed by atoms with Crippen molar-refractivity contribution in [3.8, 4) is 34.5 Å². The van der Waals surface area contributed by atoms with Crippen LogP contribution in [0.2, 0.25) is 0 Å². The highest BCUT2D eigenvalue weighted by Crippen LogP contribution is 2.27. The van der Waals surface area contributed by atoms with Crippen LogP contribution < -0.4 is 23.7 Å². The standard InChI is InChI=1S/C56H60N2O7/c1-3-5-7-9-11-13-39-61-49-27-23-47(24-28-49)57-41-43-15-19-45(20-16-43)55(59)64-53-35-31-51(32-36-53)63-52-33-37-54(38-34-52)65-56(60)46-21-17-44(18-22-46)42-58-48-25-29-50(30-26-48)62-40-14-12-10-8-6-4-2/h15-38,41-42H,3-14,39-40H2,1-2H3. The summed E-state index contributed by atoms with van der Waals surface area (Å²) in [6, 6.07) is 43.1. The van der Waals surface area contributed by atoms with Crippen LogP contribution >= 0.6 is 0 Å². The minimum atomic E-state index is -0.477. The monoisotopic (exact) mass is 872 g/mol. The summed E-state index contributed by atoms with van der Waals surface area (Å²) in [4.78, 5) is 34.9. The lowest BCUT2D eigenvalue weighted by molar-refractivity contribution is 0.0725. The molecule has 6 aromatic rings. The third-order valence-corrected chi connectivity index (χ3v) is 10.5. The fourth-order valence-corrected chi connectivity index (χ4v) is 6.73. The van der Waals surface area contributed by atoms with E-state index in [2.05, 4.69) is 23.8 Å². The summed E-state index contributed by atoms with van der Waals surface area (Å²) in [5, 5.41) is 0. The van der Waals surface area contributed by atoms with E-state index in [1.807, 2.05) is 72.8 Å². The zero-order valence-electron chi connectivity index (χ0n) is 37.7. The molecule has 0 aliphatic carbocycles. The first-order valence-corrected chi connectivity index (χ1v) is 23.0. The molecule has 0 saturated heterocycles. The Bertz CT molecular complexity index is 2200. The Hall–Kier alpha value is -7.00. The van der Waals surface area contributed by atoms with E-state index >= 15 is 0 Å². The van der Waals surface area contributed by atoms with Gasteiger partial charge in [0.1, 0.15) is 34.5 Å². The molecule has 0 heterocycles. The Balaban J connectivity index is 0.886. The van der Waals surface area contributed by atoms with Gasteiger partial charge in [-0.2, -0.15) is 0 Å². The molecule has 6 rings (SSSR count). The van der Waals surface area contributed by atoms with Gasteiger partial charge in [-0.25, -0.2) is 9.59 Å². The molecule has 0 bridgehead atoms. The first-order chi connectivity index (χ1) is 31.9. The number of hydrogen-bond acceptors (Lipinski definition) is 9. The number of ether oxygens (including phenoxy) is 5. The predicted molar refractivity (Wildman–Crippen MR) is 261 cm³/mol. The lowest BCUT2D eigenvalue weighted by atomic mass is 10.1. The van der Waals surface area contributed by atoms with Crippen LogP contribution in [0.4, 0.5) is 11.4 Å². The minimum Gasteiger partial charge on any atom is -0.494 e. The molecule has 0 unspecified atom stereocenters. The molecule has 0 atom stereocenters. The van der Waals surface area contributed by atoms with Gasteiger partial charge in [-0.15, -0.1) is 0 Å². The number of rotatable bonds is 26. The van der Waals surface area contributed by atoms with E-state index in [0.29, 0.717) is 34.1 Å². The zero-order valence-corrected chi connectivity index (χ0v) is 37.7. The fourth-order valence-electron chi connectivity index (χ4n) is 6.73. The topological polar surface area (TPSA) is 105 Å².